The van der Waals surface area contributed by atoms with E-state index in [2.05, 4.69) is 14.9 Å². The van der Waals surface area contributed by atoms with Crippen molar-refractivity contribution >= 4 is 0 Å². The summed E-state index contributed by atoms with van der Waals surface area (Å²) < 4.78 is 13.8. The first-order valence-corrected chi connectivity index (χ1v) is 8.95. The lowest BCUT2D eigenvalue weighted by Crippen LogP contribution is -2.31. The molecule has 2 aromatic rings. The van der Waals surface area contributed by atoms with Crippen molar-refractivity contribution in [3.8, 4) is 0 Å². The Labute approximate surface area is 142 Å². The Balaban J connectivity index is 1.46. The molecule has 2 aromatic heterocycles. The highest BCUT2D eigenvalue weighted by atomic mass is 19.1. The van der Waals surface area contributed by atoms with E-state index in [0.29, 0.717) is 18.0 Å². The van der Waals surface area contributed by atoms with Crippen molar-refractivity contribution < 1.29 is 4.39 Å². The first kappa shape index (κ1) is 15.6. The van der Waals surface area contributed by atoms with Gasteiger partial charge in [0.25, 0.3) is 0 Å². The molecule has 24 heavy (non-hydrogen) atoms. The minimum atomic E-state index is -0.229. The minimum Gasteiger partial charge on any atom is -0.294 e. The molecule has 1 fully saturated rings. The molecule has 4 nitrogen and oxygen atoms in total. The quantitative estimate of drug-likeness (QED) is 0.864. The Bertz CT molecular complexity index is 712. The third-order valence-electron chi connectivity index (χ3n) is 5.25. The van der Waals surface area contributed by atoms with Crippen LogP contribution < -0.4 is 0 Å². The van der Waals surface area contributed by atoms with Gasteiger partial charge in [0, 0.05) is 61.2 Å². The summed E-state index contributed by atoms with van der Waals surface area (Å²) in [5, 5.41) is 0. The van der Waals surface area contributed by atoms with Crippen LogP contribution >= 0.6 is 0 Å². The second kappa shape index (κ2) is 6.93. The van der Waals surface area contributed by atoms with Gasteiger partial charge in [-0.1, -0.05) is 19.3 Å². The van der Waals surface area contributed by atoms with Crippen LogP contribution in [-0.4, -0.2) is 26.4 Å². The van der Waals surface area contributed by atoms with Gasteiger partial charge in [-0.25, -0.2) is 14.4 Å². The molecule has 126 valence electrons. The topological polar surface area (TPSA) is 41.9 Å². The number of pyridine rings is 1. The third kappa shape index (κ3) is 3.31. The number of hydrogen-bond donors (Lipinski definition) is 0. The standard InChI is InChI=1S/C19H23FN4/c20-17-11-21-8-6-15(17)12-24-9-7-18-16(13-24)10-22-19(23-18)14-4-2-1-3-5-14/h6,8,10-11,14H,1-5,7,9,12-13H2. The number of hydrogen-bond acceptors (Lipinski definition) is 4. The molecule has 5 heteroatoms. The van der Waals surface area contributed by atoms with E-state index in [0.717, 1.165) is 25.3 Å². The van der Waals surface area contributed by atoms with Gasteiger partial charge in [0.1, 0.15) is 11.6 Å². The van der Waals surface area contributed by atoms with E-state index in [1.54, 1.807) is 12.3 Å². The van der Waals surface area contributed by atoms with Crippen LogP contribution in [-0.2, 0) is 19.5 Å². The van der Waals surface area contributed by atoms with Crippen LogP contribution in [0.15, 0.2) is 24.7 Å². The summed E-state index contributed by atoms with van der Waals surface area (Å²) in [6.45, 7) is 2.32. The molecule has 0 unspecified atom stereocenters. The average Bonchev–Trinajstić information content (AvgIpc) is 2.64. The van der Waals surface area contributed by atoms with E-state index in [4.69, 9.17) is 4.98 Å². The molecule has 0 radical (unpaired) electrons. The van der Waals surface area contributed by atoms with Crippen LogP contribution in [0.25, 0.3) is 0 Å². The molecule has 1 saturated carbocycles. The maximum Gasteiger partial charge on any atom is 0.145 e. The Morgan fingerprint density at radius 1 is 1.17 bits per heavy atom. The second-order valence-electron chi connectivity index (χ2n) is 6.96. The predicted octanol–water partition coefficient (Wildman–Crippen LogP) is 3.62. The van der Waals surface area contributed by atoms with E-state index in [1.165, 1.54) is 49.6 Å². The smallest absolute Gasteiger partial charge is 0.145 e. The molecule has 3 heterocycles. The second-order valence-corrected chi connectivity index (χ2v) is 6.96. The molecule has 1 aliphatic heterocycles. The van der Waals surface area contributed by atoms with Gasteiger partial charge in [0.05, 0.1) is 6.20 Å². The first-order valence-electron chi connectivity index (χ1n) is 8.95. The summed E-state index contributed by atoms with van der Waals surface area (Å²) in [5.74, 6) is 1.36. The molecule has 2 aliphatic rings. The summed E-state index contributed by atoms with van der Waals surface area (Å²) in [6.07, 6.45) is 12.3. The number of halogens is 1. The Kier molecular flexibility index (Phi) is 4.52. The van der Waals surface area contributed by atoms with E-state index >= 15 is 0 Å². The van der Waals surface area contributed by atoms with Crippen molar-refractivity contribution in [2.24, 2.45) is 0 Å². The Morgan fingerprint density at radius 2 is 2.04 bits per heavy atom. The molecule has 1 aliphatic carbocycles. The lowest BCUT2D eigenvalue weighted by Gasteiger charge is -2.29. The summed E-state index contributed by atoms with van der Waals surface area (Å²) in [5.41, 5.74) is 3.08. The molecule has 0 N–H and O–H groups in total. The molecule has 4 rings (SSSR count). The van der Waals surface area contributed by atoms with Gasteiger partial charge in [-0.05, 0) is 18.9 Å². The van der Waals surface area contributed by atoms with Crippen LogP contribution in [0.5, 0.6) is 0 Å². The Morgan fingerprint density at radius 3 is 2.88 bits per heavy atom. The molecular formula is C19H23FN4. The van der Waals surface area contributed by atoms with Gasteiger partial charge < -0.3 is 0 Å². The molecule has 0 aromatic carbocycles. The fourth-order valence-electron chi connectivity index (χ4n) is 3.86. The van der Waals surface area contributed by atoms with Crippen molar-refractivity contribution in [1.29, 1.82) is 0 Å². The van der Waals surface area contributed by atoms with Crippen LogP contribution in [0, 0.1) is 5.82 Å². The maximum absolute atomic E-state index is 13.8. The van der Waals surface area contributed by atoms with Gasteiger partial charge in [-0.3, -0.25) is 9.88 Å². The number of nitrogens with zero attached hydrogens (tertiary/aromatic N) is 4. The Hall–Kier alpha value is -1.88. The van der Waals surface area contributed by atoms with Crippen molar-refractivity contribution in [3.05, 3.63) is 53.1 Å². The van der Waals surface area contributed by atoms with Gasteiger partial charge >= 0.3 is 0 Å². The number of fused-ring (bicyclic) bond motifs is 1. The predicted molar refractivity (Wildman–Crippen MR) is 89.9 cm³/mol. The van der Waals surface area contributed by atoms with Crippen LogP contribution in [0.4, 0.5) is 4.39 Å². The van der Waals surface area contributed by atoms with E-state index in [9.17, 15) is 4.39 Å². The highest BCUT2D eigenvalue weighted by Gasteiger charge is 2.23. The summed E-state index contributed by atoms with van der Waals surface area (Å²) in [7, 11) is 0. The normalized spacial score (nSPS) is 19.2. The highest BCUT2D eigenvalue weighted by Crippen LogP contribution is 2.31. The fraction of sp³-hybridized carbons (Fsp3) is 0.526. The first-order chi connectivity index (χ1) is 11.8. The molecule has 0 bridgehead atoms. The van der Waals surface area contributed by atoms with E-state index in [-0.39, 0.29) is 5.82 Å². The lowest BCUT2D eigenvalue weighted by atomic mass is 9.88. The zero-order valence-corrected chi connectivity index (χ0v) is 13.9. The molecule has 0 amide bonds. The van der Waals surface area contributed by atoms with Gasteiger partial charge in [0.15, 0.2) is 0 Å². The molecule has 0 atom stereocenters. The molecular weight excluding hydrogens is 303 g/mol. The average molecular weight is 326 g/mol. The van der Waals surface area contributed by atoms with Crippen LogP contribution in [0.1, 0.15) is 60.7 Å². The number of aromatic nitrogens is 3. The van der Waals surface area contributed by atoms with Gasteiger partial charge in [-0.2, -0.15) is 0 Å². The zero-order chi connectivity index (χ0) is 16.4. The monoisotopic (exact) mass is 326 g/mol. The molecule has 0 spiro atoms. The summed E-state index contributed by atoms with van der Waals surface area (Å²) in [6, 6.07) is 1.76. The molecule has 0 saturated heterocycles. The van der Waals surface area contributed by atoms with Crippen molar-refractivity contribution in [1.82, 2.24) is 19.9 Å². The number of rotatable bonds is 3. The fourth-order valence-corrected chi connectivity index (χ4v) is 3.86. The largest absolute Gasteiger partial charge is 0.294 e. The summed E-state index contributed by atoms with van der Waals surface area (Å²) in [4.78, 5) is 15.6. The van der Waals surface area contributed by atoms with E-state index in [1.807, 2.05) is 6.20 Å². The van der Waals surface area contributed by atoms with Crippen molar-refractivity contribution in [3.63, 3.8) is 0 Å². The van der Waals surface area contributed by atoms with Crippen molar-refractivity contribution in [2.75, 3.05) is 6.54 Å². The van der Waals surface area contributed by atoms with Gasteiger partial charge in [0.2, 0.25) is 0 Å². The van der Waals surface area contributed by atoms with E-state index < -0.39 is 0 Å². The third-order valence-corrected chi connectivity index (χ3v) is 5.25. The zero-order valence-electron chi connectivity index (χ0n) is 13.9. The SMILES string of the molecule is Fc1cnccc1CN1CCc2nc(C3CCCCC3)ncc2C1. The van der Waals surface area contributed by atoms with Crippen molar-refractivity contribution in [2.45, 2.75) is 57.5 Å². The maximum atomic E-state index is 13.8. The van der Waals surface area contributed by atoms with Crippen LogP contribution in [0.2, 0.25) is 0 Å². The minimum absolute atomic E-state index is 0.229. The summed E-state index contributed by atoms with van der Waals surface area (Å²) >= 11 is 0. The van der Waals surface area contributed by atoms with Gasteiger partial charge in [-0.15, -0.1) is 0 Å². The lowest BCUT2D eigenvalue weighted by molar-refractivity contribution is 0.239. The highest BCUT2D eigenvalue weighted by molar-refractivity contribution is 5.22. The van der Waals surface area contributed by atoms with Crippen LogP contribution in [0.3, 0.4) is 0 Å².